The molecule has 0 spiro atoms. The van der Waals surface area contributed by atoms with Crippen LogP contribution in [-0.2, 0) is 4.79 Å². The van der Waals surface area contributed by atoms with Crippen LogP contribution < -0.4 is 16.0 Å². The van der Waals surface area contributed by atoms with Crippen LogP contribution in [0.1, 0.15) is 59.8 Å². The molecule has 4 rings (SSSR count). The van der Waals surface area contributed by atoms with E-state index < -0.39 is 0 Å². The number of carbonyl (C=O) groups excluding carboxylic acids is 1. The van der Waals surface area contributed by atoms with Crippen molar-refractivity contribution in [3.8, 4) is 0 Å². The summed E-state index contributed by atoms with van der Waals surface area (Å²) < 4.78 is 0. The summed E-state index contributed by atoms with van der Waals surface area (Å²) in [6.45, 7) is 12.7. The first-order chi connectivity index (χ1) is 15.5. The summed E-state index contributed by atoms with van der Waals surface area (Å²) in [5.74, 6) is 2.73. The van der Waals surface area contributed by atoms with Gasteiger partial charge in [0.2, 0.25) is 11.9 Å². The van der Waals surface area contributed by atoms with Crippen LogP contribution in [0.2, 0.25) is 0 Å². The monoisotopic (exact) mass is 435 g/mol. The van der Waals surface area contributed by atoms with Gasteiger partial charge in [-0.25, -0.2) is 4.98 Å². The number of nitrogens with zero attached hydrogens (tertiary/aromatic N) is 2. The van der Waals surface area contributed by atoms with Crippen molar-refractivity contribution < 1.29 is 4.79 Å². The second-order valence-electron chi connectivity index (χ2n) is 8.71. The lowest BCUT2D eigenvalue weighted by Gasteiger charge is -2.38. The lowest BCUT2D eigenvalue weighted by molar-refractivity contribution is -0.117. The van der Waals surface area contributed by atoms with Crippen molar-refractivity contribution in [2.24, 2.45) is 17.8 Å². The number of amides is 1. The van der Waals surface area contributed by atoms with E-state index in [2.05, 4.69) is 46.3 Å². The van der Waals surface area contributed by atoms with Crippen molar-refractivity contribution in [3.63, 3.8) is 0 Å². The summed E-state index contributed by atoms with van der Waals surface area (Å²) in [5.41, 5.74) is 2.98. The fourth-order valence-electron chi connectivity index (χ4n) is 4.35. The zero-order valence-electron chi connectivity index (χ0n) is 19.8. The maximum atomic E-state index is 12.0. The molecule has 0 radical (unpaired) electrons. The van der Waals surface area contributed by atoms with Crippen molar-refractivity contribution >= 4 is 29.0 Å². The van der Waals surface area contributed by atoms with E-state index in [1.807, 2.05) is 44.2 Å². The lowest BCUT2D eigenvalue weighted by atomic mass is 9.74. The Bertz CT molecular complexity index is 924. The Hall–Kier alpha value is -2.89. The van der Waals surface area contributed by atoms with E-state index in [-0.39, 0.29) is 11.8 Å². The van der Waals surface area contributed by atoms with Crippen molar-refractivity contribution in [1.82, 2.24) is 9.97 Å². The predicted octanol–water partition coefficient (Wildman–Crippen LogP) is 6.39. The van der Waals surface area contributed by atoms with E-state index in [4.69, 9.17) is 0 Å². The third-order valence-corrected chi connectivity index (χ3v) is 6.11. The third-order valence-electron chi connectivity index (χ3n) is 6.11. The number of allylic oxidation sites excluding steroid dienone is 1. The van der Waals surface area contributed by atoms with Crippen molar-refractivity contribution in [2.45, 2.75) is 65.8 Å². The molecule has 1 aromatic heterocycles. The minimum Gasteiger partial charge on any atom is -0.367 e. The molecule has 1 heterocycles. The molecule has 1 amide bonds. The SMILES string of the molecule is C=C1CC(C)C(Nc2ccnc(Nc3cccc(NC(=O)C4CC4)c3)n2)C(CC)C1.CC. The first kappa shape index (κ1) is 23.8. The minimum atomic E-state index is 0.101. The number of carbonyl (C=O) groups is 1. The number of aromatic nitrogens is 2. The lowest BCUT2D eigenvalue weighted by Crippen LogP contribution is -2.39. The molecule has 172 valence electrons. The molecule has 0 aliphatic heterocycles. The molecule has 2 fully saturated rings. The van der Waals surface area contributed by atoms with Crippen LogP contribution in [0.25, 0.3) is 0 Å². The van der Waals surface area contributed by atoms with Crippen molar-refractivity contribution in [3.05, 3.63) is 48.7 Å². The molecule has 32 heavy (non-hydrogen) atoms. The van der Waals surface area contributed by atoms with E-state index in [9.17, 15) is 4.79 Å². The second-order valence-corrected chi connectivity index (χ2v) is 8.71. The summed E-state index contributed by atoms with van der Waals surface area (Å²) in [5, 5.41) is 9.88. The van der Waals surface area contributed by atoms with Crippen LogP contribution >= 0.6 is 0 Å². The summed E-state index contributed by atoms with van der Waals surface area (Å²) in [6.07, 6.45) is 7.01. The first-order valence-corrected chi connectivity index (χ1v) is 12.0. The summed E-state index contributed by atoms with van der Waals surface area (Å²) in [7, 11) is 0. The Balaban J connectivity index is 0.00000141. The van der Waals surface area contributed by atoms with Gasteiger partial charge >= 0.3 is 0 Å². The molecule has 0 saturated heterocycles. The molecule has 1 aromatic carbocycles. The van der Waals surface area contributed by atoms with Gasteiger partial charge in [0.15, 0.2) is 0 Å². The van der Waals surface area contributed by atoms with Crippen LogP contribution in [0.15, 0.2) is 48.7 Å². The van der Waals surface area contributed by atoms with Crippen LogP contribution in [0, 0.1) is 17.8 Å². The van der Waals surface area contributed by atoms with Gasteiger partial charge in [0.1, 0.15) is 5.82 Å². The molecule has 0 bridgehead atoms. The Morgan fingerprint density at radius 3 is 2.62 bits per heavy atom. The minimum absolute atomic E-state index is 0.101. The molecule has 2 aliphatic rings. The third kappa shape index (κ3) is 6.31. The van der Waals surface area contributed by atoms with Crippen LogP contribution in [0.4, 0.5) is 23.1 Å². The number of hydrogen-bond donors (Lipinski definition) is 3. The number of nitrogens with one attached hydrogen (secondary N) is 3. The van der Waals surface area contributed by atoms with E-state index in [1.54, 1.807) is 6.20 Å². The Labute approximate surface area is 192 Å². The first-order valence-electron chi connectivity index (χ1n) is 12.0. The fraction of sp³-hybridized carbons (Fsp3) is 0.500. The quantitative estimate of drug-likeness (QED) is 0.439. The highest BCUT2D eigenvalue weighted by Crippen LogP contribution is 2.36. The number of anilines is 4. The Morgan fingerprint density at radius 2 is 1.91 bits per heavy atom. The molecular weight excluding hydrogens is 398 g/mol. The maximum absolute atomic E-state index is 12.0. The van der Waals surface area contributed by atoms with Gasteiger partial charge in [-0.15, -0.1) is 0 Å². The molecule has 3 unspecified atom stereocenters. The average Bonchev–Trinajstić information content (AvgIpc) is 3.63. The van der Waals surface area contributed by atoms with Crippen LogP contribution in [0.5, 0.6) is 0 Å². The van der Waals surface area contributed by atoms with E-state index in [0.29, 0.717) is 23.8 Å². The number of hydrogen-bond acceptors (Lipinski definition) is 5. The smallest absolute Gasteiger partial charge is 0.229 e. The predicted molar refractivity (Wildman–Crippen MR) is 133 cm³/mol. The molecule has 6 nitrogen and oxygen atoms in total. The van der Waals surface area contributed by atoms with E-state index >= 15 is 0 Å². The van der Waals surface area contributed by atoms with Gasteiger partial charge in [-0.2, -0.15) is 4.98 Å². The van der Waals surface area contributed by atoms with Gasteiger partial charge < -0.3 is 16.0 Å². The van der Waals surface area contributed by atoms with Crippen LogP contribution in [-0.4, -0.2) is 21.9 Å². The molecule has 2 saturated carbocycles. The molecular formula is C26H37N5O. The summed E-state index contributed by atoms with van der Waals surface area (Å²) >= 11 is 0. The summed E-state index contributed by atoms with van der Waals surface area (Å²) in [4.78, 5) is 21.0. The molecule has 6 heteroatoms. The van der Waals surface area contributed by atoms with Gasteiger partial charge in [-0.3, -0.25) is 4.79 Å². The largest absolute Gasteiger partial charge is 0.367 e. The Morgan fingerprint density at radius 1 is 1.16 bits per heavy atom. The molecule has 2 aromatic rings. The van der Waals surface area contributed by atoms with Crippen molar-refractivity contribution in [1.29, 1.82) is 0 Å². The average molecular weight is 436 g/mol. The zero-order chi connectivity index (χ0) is 23.1. The maximum Gasteiger partial charge on any atom is 0.229 e. The van der Waals surface area contributed by atoms with Gasteiger partial charge in [-0.05, 0) is 61.8 Å². The highest BCUT2D eigenvalue weighted by molar-refractivity contribution is 5.94. The standard InChI is InChI=1S/C24H31N5O.C2H6/c1-4-17-13-15(2)12-16(3)22(17)28-21-10-11-25-24(29-21)27-20-7-5-6-19(14-20)26-23(30)18-8-9-18;1-2/h5-7,10-11,14,16-18,22H,2,4,8-9,12-13H2,1,3H3,(H,26,30)(H2,25,27,28,29);1-2H3. The van der Waals surface area contributed by atoms with Crippen LogP contribution in [0.3, 0.4) is 0 Å². The molecule has 2 aliphatic carbocycles. The van der Waals surface area contributed by atoms with Crippen molar-refractivity contribution in [2.75, 3.05) is 16.0 Å². The fourth-order valence-corrected chi connectivity index (χ4v) is 4.35. The number of rotatable bonds is 7. The highest BCUT2D eigenvalue weighted by atomic mass is 16.2. The highest BCUT2D eigenvalue weighted by Gasteiger charge is 2.31. The molecule has 3 N–H and O–H groups in total. The van der Waals surface area contributed by atoms with Gasteiger partial charge in [-0.1, -0.05) is 52.3 Å². The number of benzene rings is 1. The molecule has 3 atom stereocenters. The van der Waals surface area contributed by atoms with Gasteiger partial charge in [0.25, 0.3) is 0 Å². The topological polar surface area (TPSA) is 78.9 Å². The van der Waals surface area contributed by atoms with Gasteiger partial charge in [0.05, 0.1) is 0 Å². The normalized spacial score (nSPS) is 22.4. The summed E-state index contributed by atoms with van der Waals surface area (Å²) in [6, 6.07) is 9.96. The van der Waals surface area contributed by atoms with Gasteiger partial charge in [0, 0.05) is 29.5 Å². The zero-order valence-corrected chi connectivity index (χ0v) is 19.8. The second kappa shape index (κ2) is 11.1. The van der Waals surface area contributed by atoms with E-state index in [0.717, 1.165) is 49.3 Å². The Kier molecular flexibility index (Phi) is 8.26. The van der Waals surface area contributed by atoms with E-state index in [1.165, 1.54) is 5.57 Å².